The zero-order valence-corrected chi connectivity index (χ0v) is 18.7. The van der Waals surface area contributed by atoms with Crippen molar-refractivity contribution < 1.29 is 14.1 Å². The van der Waals surface area contributed by atoms with E-state index in [1.54, 1.807) is 0 Å². The van der Waals surface area contributed by atoms with Crippen molar-refractivity contribution >= 4 is 5.91 Å². The third kappa shape index (κ3) is 5.37. The molecule has 0 atom stereocenters. The highest BCUT2D eigenvalue weighted by Crippen LogP contribution is 2.29. The summed E-state index contributed by atoms with van der Waals surface area (Å²) in [6.45, 7) is 6.52. The van der Waals surface area contributed by atoms with E-state index in [0.717, 1.165) is 48.6 Å². The quantitative estimate of drug-likeness (QED) is 0.532. The third-order valence-corrected chi connectivity index (χ3v) is 5.77. The molecule has 3 heterocycles. The van der Waals surface area contributed by atoms with Crippen LogP contribution in [0.3, 0.4) is 0 Å². The van der Waals surface area contributed by atoms with Gasteiger partial charge < -0.3 is 14.2 Å². The van der Waals surface area contributed by atoms with Crippen LogP contribution in [0.5, 0.6) is 0 Å². The van der Waals surface area contributed by atoms with Crippen molar-refractivity contribution in [2.24, 2.45) is 0 Å². The van der Waals surface area contributed by atoms with E-state index in [0.29, 0.717) is 43.7 Å². The third-order valence-electron chi connectivity index (χ3n) is 5.77. The number of amides is 1. The van der Waals surface area contributed by atoms with Crippen molar-refractivity contribution in [3.05, 3.63) is 59.5 Å². The number of ether oxygens (including phenoxy) is 1. The molecular formula is C24H29N5O3. The van der Waals surface area contributed by atoms with Crippen molar-refractivity contribution in [1.29, 1.82) is 0 Å². The van der Waals surface area contributed by atoms with Gasteiger partial charge in [0.15, 0.2) is 0 Å². The van der Waals surface area contributed by atoms with Crippen molar-refractivity contribution in [2.75, 3.05) is 19.7 Å². The van der Waals surface area contributed by atoms with Crippen LogP contribution in [-0.4, -0.2) is 50.6 Å². The van der Waals surface area contributed by atoms with E-state index in [2.05, 4.69) is 15.1 Å². The molecule has 8 nitrogen and oxygen atoms in total. The van der Waals surface area contributed by atoms with Gasteiger partial charge in [-0.2, -0.15) is 4.98 Å². The molecule has 2 aromatic heterocycles. The predicted octanol–water partition coefficient (Wildman–Crippen LogP) is 3.71. The van der Waals surface area contributed by atoms with E-state index in [1.807, 2.05) is 55.3 Å². The fraction of sp³-hybridized carbons (Fsp3) is 0.458. The Hall–Kier alpha value is -3.13. The van der Waals surface area contributed by atoms with Gasteiger partial charge in [-0.15, -0.1) is 0 Å². The number of hydrogen-bond donors (Lipinski definition) is 0. The van der Waals surface area contributed by atoms with E-state index >= 15 is 0 Å². The van der Waals surface area contributed by atoms with Crippen LogP contribution in [0.2, 0.25) is 0 Å². The summed E-state index contributed by atoms with van der Waals surface area (Å²) in [5.41, 5.74) is 3.02. The van der Waals surface area contributed by atoms with Crippen LogP contribution in [-0.2, 0) is 22.6 Å². The molecule has 0 radical (unpaired) electrons. The lowest BCUT2D eigenvalue weighted by atomic mass is 9.90. The van der Waals surface area contributed by atoms with Crippen LogP contribution in [0.15, 0.2) is 41.1 Å². The van der Waals surface area contributed by atoms with Crippen molar-refractivity contribution in [3.63, 3.8) is 0 Å². The summed E-state index contributed by atoms with van der Waals surface area (Å²) in [4.78, 5) is 28.1. The Morgan fingerprint density at radius 1 is 1.19 bits per heavy atom. The number of aryl methyl sites for hydroxylation is 2. The summed E-state index contributed by atoms with van der Waals surface area (Å²) in [7, 11) is 0. The second-order valence-corrected chi connectivity index (χ2v) is 8.00. The molecule has 1 amide bonds. The lowest BCUT2D eigenvalue weighted by Gasteiger charge is -2.32. The molecule has 1 aliphatic heterocycles. The van der Waals surface area contributed by atoms with Gasteiger partial charge >= 0.3 is 0 Å². The molecule has 1 saturated heterocycles. The molecule has 1 aromatic carbocycles. The topological polar surface area (TPSA) is 94.2 Å². The smallest absolute Gasteiger partial charge is 0.227 e. The van der Waals surface area contributed by atoms with E-state index in [1.165, 1.54) is 0 Å². The summed E-state index contributed by atoms with van der Waals surface area (Å²) in [5, 5.41) is 4.02. The predicted molar refractivity (Wildman–Crippen MR) is 119 cm³/mol. The van der Waals surface area contributed by atoms with Crippen LogP contribution in [0.1, 0.15) is 55.1 Å². The number of rotatable bonds is 8. The van der Waals surface area contributed by atoms with Gasteiger partial charge in [-0.1, -0.05) is 35.5 Å². The molecule has 0 N–H and O–H groups in total. The van der Waals surface area contributed by atoms with Crippen LogP contribution in [0.4, 0.5) is 0 Å². The Kier molecular flexibility index (Phi) is 7.21. The molecule has 0 aliphatic carbocycles. The first-order valence-electron chi connectivity index (χ1n) is 11.2. The average Bonchev–Trinajstić information content (AvgIpc) is 3.31. The molecule has 0 saturated carbocycles. The number of hydrogen-bond acceptors (Lipinski definition) is 7. The van der Waals surface area contributed by atoms with Crippen molar-refractivity contribution in [3.8, 4) is 11.4 Å². The molecule has 3 aromatic rings. The molecule has 0 unspecified atom stereocenters. The molecular weight excluding hydrogens is 406 g/mol. The van der Waals surface area contributed by atoms with E-state index in [9.17, 15) is 4.79 Å². The number of carbonyl (C=O) groups is 1. The zero-order valence-electron chi connectivity index (χ0n) is 18.7. The highest BCUT2D eigenvalue weighted by molar-refractivity contribution is 5.76. The van der Waals surface area contributed by atoms with Crippen LogP contribution in [0.25, 0.3) is 11.4 Å². The maximum atomic E-state index is 12.7. The normalized spacial score (nSPS) is 14.6. The van der Waals surface area contributed by atoms with Gasteiger partial charge in [-0.05, 0) is 26.7 Å². The number of carbonyl (C=O) groups excluding carboxylic acids is 1. The fourth-order valence-corrected chi connectivity index (χ4v) is 4.02. The Bertz CT molecular complexity index is 1030. The molecule has 1 aliphatic rings. The maximum Gasteiger partial charge on any atom is 0.227 e. The molecule has 32 heavy (non-hydrogen) atoms. The van der Waals surface area contributed by atoms with Gasteiger partial charge in [0, 0.05) is 55.8 Å². The van der Waals surface area contributed by atoms with Crippen LogP contribution < -0.4 is 0 Å². The minimum Gasteiger partial charge on any atom is -0.377 e. The summed E-state index contributed by atoms with van der Waals surface area (Å²) < 4.78 is 10.9. The first-order valence-corrected chi connectivity index (χ1v) is 11.2. The minimum atomic E-state index is 0.122. The highest BCUT2D eigenvalue weighted by Gasteiger charge is 2.26. The lowest BCUT2D eigenvalue weighted by molar-refractivity contribution is -0.132. The Morgan fingerprint density at radius 3 is 2.72 bits per heavy atom. The molecule has 168 valence electrons. The summed E-state index contributed by atoms with van der Waals surface area (Å²) in [6, 6.07) is 9.67. The standard InChI is InChI=1S/C24H29N5O3/c1-3-31-16-20-15-25-17(2)26-23(20)18-11-13-29(14-12-18)22(30)10-9-21-27-24(28-32-21)19-7-5-4-6-8-19/h4-8,15,18H,3,9-14,16H2,1-2H3. The molecule has 4 rings (SSSR count). The summed E-state index contributed by atoms with van der Waals surface area (Å²) in [6.07, 6.45) is 4.46. The van der Waals surface area contributed by atoms with E-state index in [4.69, 9.17) is 14.2 Å². The summed E-state index contributed by atoms with van der Waals surface area (Å²) >= 11 is 0. The first kappa shape index (κ1) is 22.1. The van der Waals surface area contributed by atoms with Gasteiger partial charge in [0.2, 0.25) is 17.6 Å². The lowest BCUT2D eigenvalue weighted by Crippen LogP contribution is -2.38. The van der Waals surface area contributed by atoms with Gasteiger partial charge in [-0.25, -0.2) is 9.97 Å². The van der Waals surface area contributed by atoms with E-state index < -0.39 is 0 Å². The second kappa shape index (κ2) is 10.5. The van der Waals surface area contributed by atoms with Gasteiger partial charge in [-0.3, -0.25) is 4.79 Å². The van der Waals surface area contributed by atoms with E-state index in [-0.39, 0.29) is 5.91 Å². The van der Waals surface area contributed by atoms with Gasteiger partial charge in [0.1, 0.15) is 5.82 Å². The van der Waals surface area contributed by atoms with Crippen LogP contribution >= 0.6 is 0 Å². The minimum absolute atomic E-state index is 0.122. The largest absolute Gasteiger partial charge is 0.377 e. The second-order valence-electron chi connectivity index (χ2n) is 8.00. The number of benzene rings is 1. The fourth-order valence-electron chi connectivity index (χ4n) is 4.02. The van der Waals surface area contributed by atoms with Crippen LogP contribution in [0, 0.1) is 6.92 Å². The Morgan fingerprint density at radius 2 is 1.97 bits per heavy atom. The van der Waals surface area contributed by atoms with Crippen molar-refractivity contribution in [1.82, 2.24) is 25.0 Å². The number of nitrogens with zero attached hydrogens (tertiary/aromatic N) is 5. The molecule has 0 spiro atoms. The first-order chi connectivity index (χ1) is 15.6. The molecule has 0 bridgehead atoms. The molecule has 8 heteroatoms. The highest BCUT2D eigenvalue weighted by atomic mass is 16.5. The Balaban J connectivity index is 1.30. The van der Waals surface area contributed by atoms with Gasteiger partial charge in [0.25, 0.3) is 0 Å². The SMILES string of the molecule is CCOCc1cnc(C)nc1C1CCN(C(=O)CCc2nc(-c3ccccc3)no2)CC1. The zero-order chi connectivity index (χ0) is 22.3. The average molecular weight is 436 g/mol. The maximum absolute atomic E-state index is 12.7. The number of piperidine rings is 1. The summed E-state index contributed by atoms with van der Waals surface area (Å²) in [5.74, 6) is 2.26. The van der Waals surface area contributed by atoms with Gasteiger partial charge in [0.05, 0.1) is 12.3 Å². The monoisotopic (exact) mass is 435 g/mol. The number of likely N-dealkylation sites (tertiary alicyclic amines) is 1. The Labute approximate surface area is 188 Å². The molecule has 1 fully saturated rings. The number of aromatic nitrogens is 4. The van der Waals surface area contributed by atoms with Crippen molar-refractivity contribution in [2.45, 2.75) is 52.1 Å².